The van der Waals surface area contributed by atoms with Crippen LogP contribution >= 0.6 is 0 Å². The number of guanidine groups is 1. The Labute approximate surface area is 163 Å². The van der Waals surface area contributed by atoms with Gasteiger partial charge in [-0.1, -0.05) is 6.42 Å². The number of hydrogen-bond donors (Lipinski definition) is 2. The SMILES string of the molecule is CN=C(NCCCCN1CCCCC1C)Nc1ccc2c(c1)OCCCO2. The highest BCUT2D eigenvalue weighted by Crippen LogP contribution is 2.32. The average molecular weight is 375 g/mol. The van der Waals surface area contributed by atoms with Crippen LogP contribution in [0.2, 0.25) is 0 Å². The molecule has 0 bridgehead atoms. The van der Waals surface area contributed by atoms with Gasteiger partial charge < -0.3 is 25.0 Å². The molecule has 0 amide bonds. The second kappa shape index (κ2) is 10.4. The molecule has 1 atom stereocenters. The second-order valence-electron chi connectivity index (χ2n) is 7.42. The van der Waals surface area contributed by atoms with Gasteiger partial charge in [-0.2, -0.15) is 0 Å². The first-order chi connectivity index (χ1) is 13.3. The van der Waals surface area contributed by atoms with E-state index >= 15 is 0 Å². The molecule has 1 saturated heterocycles. The van der Waals surface area contributed by atoms with Crippen LogP contribution in [0.5, 0.6) is 11.5 Å². The largest absolute Gasteiger partial charge is 0.490 e. The predicted molar refractivity (Wildman–Crippen MR) is 111 cm³/mol. The van der Waals surface area contributed by atoms with Gasteiger partial charge >= 0.3 is 0 Å². The summed E-state index contributed by atoms with van der Waals surface area (Å²) in [6.45, 7) is 7.15. The van der Waals surface area contributed by atoms with Gasteiger partial charge in [0.05, 0.1) is 13.2 Å². The quantitative estimate of drug-likeness (QED) is 0.453. The number of nitrogens with zero attached hydrogens (tertiary/aromatic N) is 2. The Morgan fingerprint density at radius 1 is 1.15 bits per heavy atom. The standard InChI is InChI=1S/C21H34N4O2/c1-17-8-3-5-12-25(17)13-6-4-11-23-21(22-2)24-18-9-10-19-20(16-18)27-15-7-14-26-19/h9-10,16-17H,3-8,11-15H2,1-2H3,(H2,22,23,24). The number of fused-ring (bicyclic) bond motifs is 1. The summed E-state index contributed by atoms with van der Waals surface area (Å²) >= 11 is 0. The highest BCUT2D eigenvalue weighted by molar-refractivity contribution is 5.93. The van der Waals surface area contributed by atoms with Gasteiger partial charge in [0.1, 0.15) is 0 Å². The predicted octanol–water partition coefficient (Wildman–Crippen LogP) is 3.49. The van der Waals surface area contributed by atoms with Crippen LogP contribution in [0, 0.1) is 0 Å². The van der Waals surface area contributed by atoms with Crippen LogP contribution in [0.1, 0.15) is 45.4 Å². The molecule has 3 rings (SSSR count). The van der Waals surface area contributed by atoms with Gasteiger partial charge in [-0.05, 0) is 57.8 Å². The molecule has 1 fully saturated rings. The zero-order valence-corrected chi connectivity index (χ0v) is 16.8. The first-order valence-corrected chi connectivity index (χ1v) is 10.4. The van der Waals surface area contributed by atoms with Crippen molar-refractivity contribution in [2.45, 2.75) is 51.5 Å². The number of aliphatic imine (C=N–C) groups is 1. The van der Waals surface area contributed by atoms with Crippen molar-refractivity contribution in [3.05, 3.63) is 18.2 Å². The number of benzene rings is 1. The number of anilines is 1. The monoisotopic (exact) mass is 374 g/mol. The molecule has 2 aliphatic rings. The Morgan fingerprint density at radius 3 is 2.81 bits per heavy atom. The van der Waals surface area contributed by atoms with Crippen LogP contribution < -0.4 is 20.1 Å². The maximum Gasteiger partial charge on any atom is 0.195 e. The summed E-state index contributed by atoms with van der Waals surface area (Å²) in [6.07, 6.45) is 7.38. The third-order valence-electron chi connectivity index (χ3n) is 5.34. The zero-order chi connectivity index (χ0) is 18.9. The fourth-order valence-corrected chi connectivity index (χ4v) is 3.69. The Bertz CT molecular complexity index is 620. The van der Waals surface area contributed by atoms with Gasteiger partial charge in [0.2, 0.25) is 0 Å². The van der Waals surface area contributed by atoms with E-state index in [0.29, 0.717) is 13.2 Å². The molecule has 0 saturated carbocycles. The van der Waals surface area contributed by atoms with E-state index in [1.165, 1.54) is 38.8 Å². The first-order valence-electron chi connectivity index (χ1n) is 10.4. The highest BCUT2D eigenvalue weighted by atomic mass is 16.5. The van der Waals surface area contributed by atoms with Crippen molar-refractivity contribution in [2.24, 2.45) is 4.99 Å². The van der Waals surface area contributed by atoms with E-state index in [-0.39, 0.29) is 0 Å². The van der Waals surface area contributed by atoms with Crippen molar-refractivity contribution in [1.29, 1.82) is 0 Å². The van der Waals surface area contributed by atoms with Crippen LogP contribution in [-0.4, -0.2) is 56.8 Å². The van der Waals surface area contributed by atoms with Crippen molar-refractivity contribution < 1.29 is 9.47 Å². The fraction of sp³-hybridized carbons (Fsp3) is 0.667. The van der Waals surface area contributed by atoms with E-state index in [0.717, 1.165) is 48.6 Å². The Kier molecular flexibility index (Phi) is 7.63. The van der Waals surface area contributed by atoms with Gasteiger partial charge in [0, 0.05) is 37.8 Å². The molecule has 0 spiro atoms. The van der Waals surface area contributed by atoms with E-state index in [2.05, 4.69) is 27.4 Å². The molecule has 2 aliphatic heterocycles. The van der Waals surface area contributed by atoms with Crippen molar-refractivity contribution in [2.75, 3.05) is 45.2 Å². The van der Waals surface area contributed by atoms with Crippen LogP contribution in [0.25, 0.3) is 0 Å². The third-order valence-corrected chi connectivity index (χ3v) is 5.34. The van der Waals surface area contributed by atoms with E-state index in [1.807, 2.05) is 18.2 Å². The lowest BCUT2D eigenvalue weighted by Crippen LogP contribution is -2.38. The summed E-state index contributed by atoms with van der Waals surface area (Å²) in [5.74, 6) is 2.40. The number of unbranched alkanes of at least 4 members (excludes halogenated alkanes) is 1. The first kappa shape index (κ1) is 19.8. The number of nitrogens with one attached hydrogen (secondary N) is 2. The van der Waals surface area contributed by atoms with Crippen LogP contribution in [-0.2, 0) is 0 Å². The maximum atomic E-state index is 5.75. The lowest BCUT2D eigenvalue weighted by molar-refractivity contribution is 0.158. The van der Waals surface area contributed by atoms with Gasteiger partial charge in [-0.15, -0.1) is 0 Å². The van der Waals surface area contributed by atoms with Crippen LogP contribution in [0.3, 0.4) is 0 Å². The topological polar surface area (TPSA) is 58.1 Å². The van der Waals surface area contributed by atoms with E-state index in [9.17, 15) is 0 Å². The molecule has 6 heteroatoms. The van der Waals surface area contributed by atoms with Crippen molar-refractivity contribution in [3.63, 3.8) is 0 Å². The lowest BCUT2D eigenvalue weighted by atomic mass is 10.0. The van der Waals surface area contributed by atoms with E-state index < -0.39 is 0 Å². The minimum atomic E-state index is 0.694. The maximum absolute atomic E-state index is 5.75. The molecule has 150 valence electrons. The van der Waals surface area contributed by atoms with Gasteiger partial charge in [-0.3, -0.25) is 4.99 Å². The third kappa shape index (κ3) is 6.03. The molecule has 1 unspecified atom stereocenters. The van der Waals surface area contributed by atoms with E-state index in [1.54, 1.807) is 7.05 Å². The summed E-state index contributed by atoms with van der Waals surface area (Å²) in [4.78, 5) is 6.96. The zero-order valence-electron chi connectivity index (χ0n) is 16.8. The minimum Gasteiger partial charge on any atom is -0.490 e. The minimum absolute atomic E-state index is 0.694. The Hall–Kier alpha value is -1.95. The molecule has 1 aromatic carbocycles. The number of piperidine rings is 1. The smallest absolute Gasteiger partial charge is 0.195 e. The van der Waals surface area contributed by atoms with Gasteiger partial charge in [0.15, 0.2) is 17.5 Å². The fourth-order valence-electron chi connectivity index (χ4n) is 3.69. The number of likely N-dealkylation sites (tertiary alicyclic amines) is 1. The van der Waals surface area contributed by atoms with Gasteiger partial charge in [-0.25, -0.2) is 0 Å². The molecule has 6 nitrogen and oxygen atoms in total. The Morgan fingerprint density at radius 2 is 2.00 bits per heavy atom. The van der Waals surface area contributed by atoms with Crippen molar-refractivity contribution in [1.82, 2.24) is 10.2 Å². The van der Waals surface area contributed by atoms with Crippen molar-refractivity contribution >= 4 is 11.6 Å². The summed E-state index contributed by atoms with van der Waals surface area (Å²) in [7, 11) is 1.80. The average Bonchev–Trinajstić information content (AvgIpc) is 2.93. The molecule has 0 aromatic heterocycles. The molecular formula is C21H34N4O2. The molecule has 2 N–H and O–H groups in total. The van der Waals surface area contributed by atoms with Crippen LogP contribution in [0.4, 0.5) is 5.69 Å². The highest BCUT2D eigenvalue weighted by Gasteiger charge is 2.17. The summed E-state index contributed by atoms with van der Waals surface area (Å²) in [5, 5.41) is 6.75. The normalized spacial score (nSPS) is 20.8. The molecular weight excluding hydrogens is 340 g/mol. The molecule has 0 radical (unpaired) electrons. The van der Waals surface area contributed by atoms with Crippen LogP contribution in [0.15, 0.2) is 23.2 Å². The van der Waals surface area contributed by atoms with Crippen molar-refractivity contribution in [3.8, 4) is 11.5 Å². The molecule has 0 aliphatic carbocycles. The lowest BCUT2D eigenvalue weighted by Gasteiger charge is -2.33. The molecule has 27 heavy (non-hydrogen) atoms. The number of ether oxygens (including phenoxy) is 2. The number of hydrogen-bond acceptors (Lipinski definition) is 4. The summed E-state index contributed by atoms with van der Waals surface area (Å²) in [5.41, 5.74) is 0.953. The summed E-state index contributed by atoms with van der Waals surface area (Å²) in [6, 6.07) is 6.68. The van der Waals surface area contributed by atoms with Gasteiger partial charge in [0.25, 0.3) is 0 Å². The number of rotatable bonds is 6. The molecule has 2 heterocycles. The molecule has 1 aromatic rings. The van der Waals surface area contributed by atoms with E-state index in [4.69, 9.17) is 9.47 Å². The Balaban J connectivity index is 1.40. The summed E-state index contributed by atoms with van der Waals surface area (Å²) < 4.78 is 11.4. The second-order valence-corrected chi connectivity index (χ2v) is 7.42.